The van der Waals surface area contributed by atoms with Crippen LogP contribution in [0.25, 0.3) is 0 Å². The van der Waals surface area contributed by atoms with Crippen LogP contribution in [-0.4, -0.2) is 17.4 Å². The zero-order chi connectivity index (χ0) is 13.8. The second-order valence-corrected chi connectivity index (χ2v) is 4.95. The molecule has 98 valence electrons. The molecule has 0 unspecified atom stereocenters. The van der Waals surface area contributed by atoms with Crippen LogP contribution >= 0.6 is 0 Å². The minimum Gasteiger partial charge on any atom is -0.347 e. The molecule has 1 rings (SSSR count). The van der Waals surface area contributed by atoms with Crippen molar-refractivity contribution in [3.05, 3.63) is 29.8 Å². The van der Waals surface area contributed by atoms with Gasteiger partial charge in [0.2, 0.25) is 5.91 Å². The monoisotopic (exact) mass is 248 g/mol. The third kappa shape index (κ3) is 4.20. The molecule has 4 heteroatoms. The number of amides is 2. The van der Waals surface area contributed by atoms with Gasteiger partial charge in [0.15, 0.2) is 0 Å². The summed E-state index contributed by atoms with van der Waals surface area (Å²) in [6, 6.07) is 6.90. The lowest BCUT2D eigenvalue weighted by Gasteiger charge is -2.24. The van der Waals surface area contributed by atoms with Crippen LogP contribution in [0.1, 0.15) is 44.5 Å². The summed E-state index contributed by atoms with van der Waals surface area (Å²) in [6.45, 7) is 7.41. The summed E-state index contributed by atoms with van der Waals surface area (Å²) in [5.41, 5.74) is 0.938. The highest BCUT2D eigenvalue weighted by molar-refractivity contribution is 5.97. The van der Waals surface area contributed by atoms with Crippen LogP contribution in [0.4, 0.5) is 5.69 Å². The van der Waals surface area contributed by atoms with E-state index in [1.165, 1.54) is 6.92 Å². The number of nitrogens with one attached hydrogen (secondary N) is 2. The van der Waals surface area contributed by atoms with Gasteiger partial charge in [0.1, 0.15) is 0 Å². The average molecular weight is 248 g/mol. The fraction of sp³-hybridized carbons (Fsp3) is 0.429. The molecule has 0 saturated heterocycles. The molecule has 0 aliphatic heterocycles. The topological polar surface area (TPSA) is 58.2 Å². The van der Waals surface area contributed by atoms with Crippen molar-refractivity contribution in [2.24, 2.45) is 0 Å². The highest BCUT2D eigenvalue weighted by Gasteiger charge is 2.18. The molecule has 0 saturated carbocycles. The number of benzene rings is 1. The summed E-state index contributed by atoms with van der Waals surface area (Å²) >= 11 is 0. The molecular weight excluding hydrogens is 228 g/mol. The minimum atomic E-state index is -0.235. The van der Waals surface area contributed by atoms with Gasteiger partial charge in [0.25, 0.3) is 5.91 Å². The van der Waals surface area contributed by atoms with Crippen molar-refractivity contribution in [3.63, 3.8) is 0 Å². The number of carbonyl (C=O) groups excluding carboxylic acids is 2. The predicted octanol–water partition coefficient (Wildman–Crippen LogP) is 2.56. The van der Waals surface area contributed by atoms with Crippen molar-refractivity contribution in [1.29, 1.82) is 0 Å². The lowest BCUT2D eigenvalue weighted by atomic mass is 10.0. The van der Waals surface area contributed by atoms with Gasteiger partial charge in [0.05, 0.1) is 0 Å². The Labute approximate surface area is 108 Å². The van der Waals surface area contributed by atoms with Gasteiger partial charge in [-0.15, -0.1) is 0 Å². The molecule has 0 spiro atoms. The van der Waals surface area contributed by atoms with E-state index in [1.54, 1.807) is 24.3 Å². The maximum Gasteiger partial charge on any atom is 0.251 e. The third-order valence-corrected chi connectivity index (χ3v) is 2.78. The maximum absolute atomic E-state index is 12.0. The van der Waals surface area contributed by atoms with Gasteiger partial charge in [-0.25, -0.2) is 0 Å². The van der Waals surface area contributed by atoms with Gasteiger partial charge in [-0.1, -0.05) is 13.0 Å². The first-order valence-corrected chi connectivity index (χ1v) is 6.04. The van der Waals surface area contributed by atoms with Gasteiger partial charge in [0, 0.05) is 23.7 Å². The Kier molecular flexibility index (Phi) is 4.48. The van der Waals surface area contributed by atoms with E-state index >= 15 is 0 Å². The van der Waals surface area contributed by atoms with E-state index in [-0.39, 0.29) is 17.4 Å². The lowest BCUT2D eigenvalue weighted by Crippen LogP contribution is -2.42. The van der Waals surface area contributed by atoms with E-state index in [0.29, 0.717) is 11.3 Å². The molecule has 1 aromatic carbocycles. The third-order valence-electron chi connectivity index (χ3n) is 2.78. The quantitative estimate of drug-likeness (QED) is 0.860. The molecule has 0 radical (unpaired) electrons. The fourth-order valence-corrected chi connectivity index (χ4v) is 1.41. The van der Waals surface area contributed by atoms with Gasteiger partial charge in [-0.05, 0) is 38.5 Å². The second-order valence-electron chi connectivity index (χ2n) is 4.95. The normalized spacial score (nSPS) is 10.9. The zero-order valence-electron chi connectivity index (χ0n) is 11.3. The molecule has 0 aliphatic carbocycles. The predicted molar refractivity (Wildman–Crippen MR) is 72.6 cm³/mol. The first-order chi connectivity index (χ1) is 8.34. The summed E-state index contributed by atoms with van der Waals surface area (Å²) in [7, 11) is 0. The Bertz CT molecular complexity index is 453. The maximum atomic E-state index is 12.0. The molecule has 2 N–H and O–H groups in total. The van der Waals surface area contributed by atoms with Crippen molar-refractivity contribution in [3.8, 4) is 0 Å². The highest BCUT2D eigenvalue weighted by Crippen LogP contribution is 2.13. The largest absolute Gasteiger partial charge is 0.347 e. The van der Waals surface area contributed by atoms with E-state index in [0.717, 1.165) is 6.42 Å². The van der Waals surface area contributed by atoms with Crippen molar-refractivity contribution in [2.45, 2.75) is 39.7 Å². The molecule has 1 aromatic rings. The Morgan fingerprint density at radius 2 is 1.94 bits per heavy atom. The molecule has 2 amide bonds. The van der Waals surface area contributed by atoms with Crippen LogP contribution in [-0.2, 0) is 4.79 Å². The van der Waals surface area contributed by atoms with E-state index in [2.05, 4.69) is 10.6 Å². The molecule has 4 nitrogen and oxygen atoms in total. The zero-order valence-corrected chi connectivity index (χ0v) is 11.3. The number of rotatable bonds is 4. The molecular formula is C14H20N2O2. The van der Waals surface area contributed by atoms with Crippen LogP contribution in [0.2, 0.25) is 0 Å². The van der Waals surface area contributed by atoms with Crippen LogP contribution < -0.4 is 10.6 Å². The van der Waals surface area contributed by atoms with E-state index < -0.39 is 0 Å². The fourth-order valence-electron chi connectivity index (χ4n) is 1.41. The van der Waals surface area contributed by atoms with Gasteiger partial charge in [-0.3, -0.25) is 9.59 Å². The van der Waals surface area contributed by atoms with Gasteiger partial charge < -0.3 is 10.6 Å². The number of anilines is 1. The Morgan fingerprint density at radius 1 is 1.28 bits per heavy atom. The van der Waals surface area contributed by atoms with Crippen molar-refractivity contribution < 1.29 is 9.59 Å². The average Bonchev–Trinajstić information content (AvgIpc) is 2.28. The lowest BCUT2D eigenvalue weighted by molar-refractivity contribution is -0.114. The highest BCUT2D eigenvalue weighted by atomic mass is 16.2. The first-order valence-electron chi connectivity index (χ1n) is 6.04. The summed E-state index contributed by atoms with van der Waals surface area (Å²) in [5, 5.41) is 5.61. The minimum absolute atomic E-state index is 0.131. The summed E-state index contributed by atoms with van der Waals surface area (Å²) < 4.78 is 0. The number of hydrogen-bond donors (Lipinski definition) is 2. The molecule has 0 bridgehead atoms. The number of carbonyl (C=O) groups is 2. The molecule has 18 heavy (non-hydrogen) atoms. The molecule has 0 fully saturated rings. The summed E-state index contributed by atoms with van der Waals surface area (Å²) in [5.74, 6) is -0.282. The van der Waals surface area contributed by atoms with E-state index in [9.17, 15) is 9.59 Å². The summed E-state index contributed by atoms with van der Waals surface area (Å²) in [4.78, 5) is 23.0. The summed E-state index contributed by atoms with van der Waals surface area (Å²) in [6.07, 6.45) is 0.851. The number of hydrogen-bond acceptors (Lipinski definition) is 2. The standard InChI is InChI=1S/C14H20N2O2/c1-5-14(3,4)16-13(18)11-7-6-8-12(9-11)15-10(2)17/h6-9H,5H2,1-4H3,(H,15,17)(H,16,18). The van der Waals surface area contributed by atoms with Crippen molar-refractivity contribution >= 4 is 17.5 Å². The van der Waals surface area contributed by atoms with E-state index in [1.807, 2.05) is 20.8 Å². The molecule has 0 atom stereocenters. The molecule has 0 aromatic heterocycles. The Hall–Kier alpha value is -1.84. The van der Waals surface area contributed by atoms with Crippen molar-refractivity contribution in [2.75, 3.05) is 5.32 Å². The molecule has 0 aliphatic rings. The van der Waals surface area contributed by atoms with Crippen LogP contribution in [0, 0.1) is 0 Å². The SMILES string of the molecule is CCC(C)(C)NC(=O)c1cccc(NC(C)=O)c1. The van der Waals surface area contributed by atoms with Gasteiger partial charge in [-0.2, -0.15) is 0 Å². The Balaban J connectivity index is 2.83. The van der Waals surface area contributed by atoms with Crippen LogP contribution in [0.3, 0.4) is 0 Å². The Morgan fingerprint density at radius 3 is 2.50 bits per heavy atom. The molecule has 0 heterocycles. The van der Waals surface area contributed by atoms with Crippen molar-refractivity contribution in [1.82, 2.24) is 5.32 Å². The van der Waals surface area contributed by atoms with Gasteiger partial charge >= 0.3 is 0 Å². The van der Waals surface area contributed by atoms with E-state index in [4.69, 9.17) is 0 Å². The smallest absolute Gasteiger partial charge is 0.251 e. The first kappa shape index (κ1) is 14.2. The second kappa shape index (κ2) is 5.67. The van der Waals surface area contributed by atoms with Crippen LogP contribution in [0.5, 0.6) is 0 Å². The van der Waals surface area contributed by atoms with Crippen LogP contribution in [0.15, 0.2) is 24.3 Å².